The van der Waals surface area contributed by atoms with E-state index >= 15 is 0 Å². The molecule has 0 saturated heterocycles. The predicted molar refractivity (Wildman–Crippen MR) is 90.8 cm³/mol. The Balaban J connectivity index is 1.52. The van der Waals surface area contributed by atoms with Crippen molar-refractivity contribution >= 4 is 11.9 Å². The van der Waals surface area contributed by atoms with Crippen molar-refractivity contribution in [1.29, 1.82) is 0 Å². The molecule has 2 fully saturated rings. The third-order valence-electron chi connectivity index (χ3n) is 6.14. The van der Waals surface area contributed by atoms with Gasteiger partial charge in [0.25, 0.3) is 0 Å². The van der Waals surface area contributed by atoms with E-state index in [-0.39, 0.29) is 29.8 Å². The maximum Gasteiger partial charge on any atom is 0.303 e. The van der Waals surface area contributed by atoms with Crippen LogP contribution in [-0.2, 0) is 9.59 Å². The molecule has 2 aliphatic carbocycles. The van der Waals surface area contributed by atoms with Crippen LogP contribution in [0.15, 0.2) is 0 Å². The molecule has 0 unspecified atom stereocenters. The highest BCUT2D eigenvalue weighted by molar-refractivity contribution is 5.67. The highest BCUT2D eigenvalue weighted by Gasteiger charge is 2.42. The zero-order valence-electron chi connectivity index (χ0n) is 14.6. The van der Waals surface area contributed by atoms with E-state index in [1.54, 1.807) is 0 Å². The van der Waals surface area contributed by atoms with Crippen molar-refractivity contribution in [2.24, 2.45) is 10.8 Å². The van der Waals surface area contributed by atoms with Gasteiger partial charge in [-0.1, -0.05) is 12.8 Å². The minimum atomic E-state index is -0.710. The normalized spacial score (nSPS) is 20.1. The van der Waals surface area contributed by atoms with Crippen LogP contribution < -0.4 is 0 Å². The molecular formula is C19H32O5. The van der Waals surface area contributed by atoms with Crippen LogP contribution in [0.4, 0.5) is 0 Å². The average Bonchev–Trinajstić information content (AvgIpc) is 3.41. The number of hydrogen-bond acceptors (Lipinski definition) is 3. The van der Waals surface area contributed by atoms with Crippen LogP contribution in [0.2, 0.25) is 0 Å². The maximum absolute atomic E-state index is 10.7. The summed E-state index contributed by atoms with van der Waals surface area (Å²) in [6, 6.07) is 0. The Kier molecular flexibility index (Phi) is 6.67. The lowest BCUT2D eigenvalue weighted by atomic mass is 9.90. The summed E-state index contributed by atoms with van der Waals surface area (Å²) in [6.07, 6.45) is 12.0. The Hall–Kier alpha value is -1.10. The van der Waals surface area contributed by atoms with Crippen LogP contribution >= 0.6 is 0 Å². The zero-order chi connectivity index (χ0) is 17.6. The second-order valence-corrected chi connectivity index (χ2v) is 8.23. The van der Waals surface area contributed by atoms with E-state index in [2.05, 4.69) is 0 Å². The van der Waals surface area contributed by atoms with Crippen LogP contribution in [0.1, 0.15) is 89.9 Å². The van der Waals surface area contributed by atoms with Gasteiger partial charge < -0.3 is 15.3 Å². The number of aliphatic hydroxyl groups is 1. The van der Waals surface area contributed by atoms with Gasteiger partial charge in [0.05, 0.1) is 6.10 Å². The predicted octanol–water partition coefficient (Wildman–Crippen LogP) is 3.98. The Labute approximate surface area is 144 Å². The van der Waals surface area contributed by atoms with Gasteiger partial charge in [-0.2, -0.15) is 0 Å². The number of rotatable bonds is 14. The summed E-state index contributed by atoms with van der Waals surface area (Å²) in [4.78, 5) is 21.3. The van der Waals surface area contributed by atoms with Crippen molar-refractivity contribution in [3.8, 4) is 0 Å². The molecule has 138 valence electrons. The molecular weight excluding hydrogens is 308 g/mol. The number of carboxylic acids is 2. The van der Waals surface area contributed by atoms with Gasteiger partial charge in [-0.05, 0) is 75.0 Å². The van der Waals surface area contributed by atoms with Crippen molar-refractivity contribution in [2.75, 3.05) is 0 Å². The molecule has 2 rings (SSSR count). The van der Waals surface area contributed by atoms with Gasteiger partial charge >= 0.3 is 11.9 Å². The molecule has 0 amide bonds. The third kappa shape index (κ3) is 6.80. The molecule has 0 bridgehead atoms. The van der Waals surface area contributed by atoms with Gasteiger partial charge in [-0.15, -0.1) is 0 Å². The fourth-order valence-electron chi connectivity index (χ4n) is 3.92. The van der Waals surface area contributed by atoms with Gasteiger partial charge in [0.2, 0.25) is 0 Å². The van der Waals surface area contributed by atoms with Crippen LogP contribution in [0.5, 0.6) is 0 Å². The second kappa shape index (κ2) is 8.32. The molecule has 0 aliphatic heterocycles. The van der Waals surface area contributed by atoms with Crippen LogP contribution in [0.3, 0.4) is 0 Å². The summed E-state index contributed by atoms with van der Waals surface area (Å²) in [5, 5.41) is 27.7. The fourth-order valence-corrected chi connectivity index (χ4v) is 3.92. The van der Waals surface area contributed by atoms with Gasteiger partial charge in [-0.25, -0.2) is 0 Å². The Bertz CT molecular complexity index is 397. The smallest absolute Gasteiger partial charge is 0.303 e. The van der Waals surface area contributed by atoms with Crippen molar-refractivity contribution in [2.45, 2.75) is 96.0 Å². The lowest BCUT2D eigenvalue weighted by Gasteiger charge is -2.17. The van der Waals surface area contributed by atoms with Crippen LogP contribution in [0.25, 0.3) is 0 Å². The van der Waals surface area contributed by atoms with E-state index in [4.69, 9.17) is 10.2 Å². The average molecular weight is 340 g/mol. The summed E-state index contributed by atoms with van der Waals surface area (Å²) in [5.74, 6) is -1.42. The molecule has 24 heavy (non-hydrogen) atoms. The molecule has 0 aromatic carbocycles. The van der Waals surface area contributed by atoms with E-state index < -0.39 is 11.9 Å². The van der Waals surface area contributed by atoms with E-state index in [0.29, 0.717) is 0 Å². The van der Waals surface area contributed by atoms with Crippen molar-refractivity contribution in [1.82, 2.24) is 0 Å². The van der Waals surface area contributed by atoms with E-state index in [9.17, 15) is 14.7 Å². The summed E-state index contributed by atoms with van der Waals surface area (Å²) in [7, 11) is 0. The Morgan fingerprint density at radius 3 is 1.42 bits per heavy atom. The van der Waals surface area contributed by atoms with Crippen molar-refractivity contribution < 1.29 is 24.9 Å². The Morgan fingerprint density at radius 1 is 0.750 bits per heavy atom. The lowest BCUT2D eigenvalue weighted by molar-refractivity contribution is -0.138. The van der Waals surface area contributed by atoms with Gasteiger partial charge in [-0.3, -0.25) is 9.59 Å². The number of aliphatic carboxylic acids is 2. The summed E-state index contributed by atoms with van der Waals surface area (Å²) >= 11 is 0. The first-order chi connectivity index (χ1) is 11.3. The molecule has 0 atom stereocenters. The van der Waals surface area contributed by atoms with Gasteiger partial charge in [0.15, 0.2) is 0 Å². The minimum absolute atomic E-state index is 0.257. The van der Waals surface area contributed by atoms with E-state index in [1.165, 1.54) is 0 Å². The second-order valence-electron chi connectivity index (χ2n) is 8.23. The molecule has 2 saturated carbocycles. The number of carboxylic acid groups (broad SMARTS) is 2. The maximum atomic E-state index is 10.7. The lowest BCUT2D eigenvalue weighted by Crippen LogP contribution is -2.11. The standard InChI is InChI=1S/C19H32O5/c20-15(3-1-7-18(11-12-18)9-5-16(21)22)4-2-8-19(13-14-19)10-6-17(23)24/h15,20H,1-14H2,(H,21,22)(H,23,24). The molecule has 0 radical (unpaired) electrons. The van der Waals surface area contributed by atoms with E-state index in [0.717, 1.165) is 77.0 Å². The first-order valence-electron chi connectivity index (χ1n) is 9.47. The number of carbonyl (C=O) groups is 2. The number of hydrogen-bond donors (Lipinski definition) is 3. The van der Waals surface area contributed by atoms with Crippen molar-refractivity contribution in [3.63, 3.8) is 0 Å². The third-order valence-corrected chi connectivity index (χ3v) is 6.14. The van der Waals surface area contributed by atoms with Crippen LogP contribution in [0, 0.1) is 10.8 Å². The molecule has 0 aromatic rings. The summed E-state index contributed by atoms with van der Waals surface area (Å²) in [5.41, 5.74) is 0.514. The van der Waals surface area contributed by atoms with Crippen LogP contribution in [-0.4, -0.2) is 33.4 Å². The highest BCUT2D eigenvalue weighted by Crippen LogP contribution is 2.54. The van der Waals surface area contributed by atoms with Gasteiger partial charge in [0, 0.05) is 12.8 Å². The molecule has 3 N–H and O–H groups in total. The topological polar surface area (TPSA) is 94.8 Å². The SMILES string of the molecule is O=C(O)CCC1(CCCC(O)CCCC2(CCC(=O)O)CC2)CC1. The first kappa shape index (κ1) is 19.2. The summed E-state index contributed by atoms with van der Waals surface area (Å²) in [6.45, 7) is 0. The molecule has 0 aromatic heterocycles. The summed E-state index contributed by atoms with van der Waals surface area (Å²) < 4.78 is 0. The highest BCUT2D eigenvalue weighted by atomic mass is 16.4. The fraction of sp³-hybridized carbons (Fsp3) is 0.895. The molecule has 2 aliphatic rings. The monoisotopic (exact) mass is 340 g/mol. The molecule has 5 nitrogen and oxygen atoms in total. The zero-order valence-corrected chi connectivity index (χ0v) is 14.6. The first-order valence-corrected chi connectivity index (χ1v) is 9.47. The quantitative estimate of drug-likeness (QED) is 0.444. The number of aliphatic hydroxyl groups excluding tert-OH is 1. The van der Waals surface area contributed by atoms with Crippen molar-refractivity contribution in [3.05, 3.63) is 0 Å². The van der Waals surface area contributed by atoms with E-state index in [1.807, 2.05) is 0 Å². The molecule has 0 spiro atoms. The Morgan fingerprint density at radius 2 is 1.12 bits per heavy atom. The van der Waals surface area contributed by atoms with Gasteiger partial charge in [0.1, 0.15) is 0 Å². The largest absolute Gasteiger partial charge is 0.481 e. The molecule has 0 heterocycles. The minimum Gasteiger partial charge on any atom is -0.481 e. The molecule has 5 heteroatoms.